The molecule has 1 rings (SSSR count). The molecule has 1 N–H and O–H groups in total. The van der Waals surface area contributed by atoms with Crippen LogP contribution in [0.2, 0.25) is 0 Å². The summed E-state index contributed by atoms with van der Waals surface area (Å²) in [5.41, 5.74) is 0. The van der Waals surface area contributed by atoms with E-state index in [-0.39, 0.29) is 11.4 Å². The summed E-state index contributed by atoms with van der Waals surface area (Å²) in [4.78, 5) is 2.15. The number of nitrogens with one attached hydrogen (secondary N) is 1. The first-order valence-corrected chi connectivity index (χ1v) is 10.3. The van der Waals surface area contributed by atoms with Gasteiger partial charge in [0.05, 0.1) is 0 Å². The van der Waals surface area contributed by atoms with Crippen molar-refractivity contribution in [1.82, 2.24) is 10.2 Å². The molecular formula is C13H28N2O2S2. The second-order valence-corrected chi connectivity index (χ2v) is 8.71. The molecule has 19 heavy (non-hydrogen) atoms. The van der Waals surface area contributed by atoms with Crippen LogP contribution in [0.25, 0.3) is 0 Å². The number of thioether (sulfide) groups is 1. The van der Waals surface area contributed by atoms with Crippen LogP contribution in [-0.4, -0.2) is 62.1 Å². The average Bonchev–Trinajstić information content (AvgIpc) is 2.37. The van der Waals surface area contributed by atoms with Crippen LogP contribution >= 0.6 is 11.8 Å². The second-order valence-electron chi connectivity index (χ2n) is 5.36. The van der Waals surface area contributed by atoms with Gasteiger partial charge in [-0.2, -0.15) is 11.8 Å². The molecule has 0 aromatic rings. The zero-order valence-corrected chi connectivity index (χ0v) is 14.0. The Kier molecular flexibility index (Phi) is 7.72. The summed E-state index contributed by atoms with van der Waals surface area (Å²) in [6.45, 7) is 7.11. The van der Waals surface area contributed by atoms with Gasteiger partial charge in [0.15, 0.2) is 9.84 Å². The summed E-state index contributed by atoms with van der Waals surface area (Å²) in [7, 11) is -2.98. The van der Waals surface area contributed by atoms with Crippen molar-refractivity contribution < 1.29 is 8.42 Å². The number of unbranched alkanes of at least 4 members (excludes halogenated alkanes) is 2. The van der Waals surface area contributed by atoms with Gasteiger partial charge in [-0.1, -0.05) is 19.8 Å². The fraction of sp³-hybridized carbons (Fsp3) is 1.00. The van der Waals surface area contributed by atoms with Crippen LogP contribution in [0.3, 0.4) is 0 Å². The van der Waals surface area contributed by atoms with Gasteiger partial charge in [0.2, 0.25) is 0 Å². The normalized spacial score (nSPS) is 23.4. The Labute approximate surface area is 122 Å². The van der Waals surface area contributed by atoms with Crippen LogP contribution in [0.5, 0.6) is 0 Å². The van der Waals surface area contributed by atoms with Crippen molar-refractivity contribution in [3.63, 3.8) is 0 Å². The molecule has 114 valence electrons. The molecule has 1 fully saturated rings. The van der Waals surface area contributed by atoms with Gasteiger partial charge < -0.3 is 5.32 Å². The van der Waals surface area contributed by atoms with E-state index in [4.69, 9.17) is 0 Å². The lowest BCUT2D eigenvalue weighted by molar-refractivity contribution is 0.200. The van der Waals surface area contributed by atoms with Gasteiger partial charge in [0.1, 0.15) is 5.37 Å². The summed E-state index contributed by atoms with van der Waals surface area (Å²) in [6, 6.07) is 0.280. The molecule has 0 aromatic heterocycles. The standard InChI is InChI=1S/C13H28N2O2S2/c1-4-5-6-7-14-10-12(2)15-8-9-18-11-13(15)19(3,16)17/h12-14H,4-11H2,1-3H3. The van der Waals surface area contributed by atoms with Gasteiger partial charge in [-0.05, 0) is 19.9 Å². The third kappa shape index (κ3) is 6.02. The monoisotopic (exact) mass is 308 g/mol. The van der Waals surface area contributed by atoms with Crippen LogP contribution in [0.15, 0.2) is 0 Å². The topological polar surface area (TPSA) is 49.4 Å². The molecule has 1 aliphatic rings. The summed E-state index contributed by atoms with van der Waals surface area (Å²) < 4.78 is 23.7. The van der Waals surface area contributed by atoms with Crippen molar-refractivity contribution in [2.24, 2.45) is 0 Å². The molecule has 0 radical (unpaired) electrons. The Balaban J connectivity index is 2.42. The predicted molar refractivity (Wildman–Crippen MR) is 84.5 cm³/mol. The molecule has 2 unspecified atom stereocenters. The maximum atomic E-state index is 11.8. The van der Waals surface area contributed by atoms with Gasteiger partial charge in [0.25, 0.3) is 0 Å². The molecule has 0 aromatic carbocycles. The maximum absolute atomic E-state index is 11.8. The minimum Gasteiger partial charge on any atom is -0.315 e. The number of rotatable bonds is 8. The van der Waals surface area contributed by atoms with Crippen molar-refractivity contribution in [3.8, 4) is 0 Å². The molecule has 0 amide bonds. The Morgan fingerprint density at radius 3 is 2.79 bits per heavy atom. The number of sulfone groups is 1. The van der Waals surface area contributed by atoms with Gasteiger partial charge in [-0.25, -0.2) is 8.42 Å². The van der Waals surface area contributed by atoms with E-state index in [1.54, 1.807) is 11.8 Å². The molecule has 4 nitrogen and oxygen atoms in total. The molecule has 0 saturated carbocycles. The summed E-state index contributed by atoms with van der Waals surface area (Å²) in [5.74, 6) is 1.74. The largest absolute Gasteiger partial charge is 0.315 e. The van der Waals surface area contributed by atoms with Gasteiger partial charge in [-0.15, -0.1) is 0 Å². The zero-order valence-electron chi connectivity index (χ0n) is 12.4. The fourth-order valence-electron chi connectivity index (χ4n) is 2.40. The third-order valence-electron chi connectivity index (χ3n) is 3.58. The molecular weight excluding hydrogens is 280 g/mol. The van der Waals surface area contributed by atoms with Crippen LogP contribution < -0.4 is 5.32 Å². The Hall–Kier alpha value is 0.220. The number of nitrogens with zero attached hydrogens (tertiary/aromatic N) is 1. The molecule has 6 heteroatoms. The van der Waals surface area contributed by atoms with E-state index in [1.807, 2.05) is 0 Å². The summed E-state index contributed by atoms with van der Waals surface area (Å²) in [5, 5.41) is 3.14. The highest BCUT2D eigenvalue weighted by molar-refractivity contribution is 8.00. The summed E-state index contributed by atoms with van der Waals surface area (Å²) >= 11 is 1.74. The Morgan fingerprint density at radius 1 is 1.42 bits per heavy atom. The fourth-order valence-corrected chi connectivity index (χ4v) is 5.38. The second kappa shape index (κ2) is 8.49. The smallest absolute Gasteiger partial charge is 0.164 e. The van der Waals surface area contributed by atoms with E-state index in [0.717, 1.165) is 25.4 Å². The lowest BCUT2D eigenvalue weighted by Crippen LogP contribution is -2.53. The SMILES string of the molecule is CCCCCNCC(C)N1CCSCC1S(C)(=O)=O. The van der Waals surface area contributed by atoms with Crippen molar-refractivity contribution in [3.05, 3.63) is 0 Å². The molecule has 2 atom stereocenters. The highest BCUT2D eigenvalue weighted by Gasteiger charge is 2.33. The lowest BCUT2D eigenvalue weighted by atomic mass is 10.2. The Morgan fingerprint density at radius 2 is 2.16 bits per heavy atom. The van der Waals surface area contributed by atoms with Crippen LogP contribution in [0.4, 0.5) is 0 Å². The maximum Gasteiger partial charge on any atom is 0.164 e. The third-order valence-corrected chi connectivity index (χ3v) is 6.24. The van der Waals surface area contributed by atoms with E-state index in [2.05, 4.69) is 24.1 Å². The van der Waals surface area contributed by atoms with Gasteiger partial charge in [-0.3, -0.25) is 4.90 Å². The summed E-state index contributed by atoms with van der Waals surface area (Å²) in [6.07, 6.45) is 5.05. The predicted octanol–water partition coefficient (Wildman–Crippen LogP) is 1.57. The first kappa shape index (κ1) is 17.3. The van der Waals surface area contributed by atoms with Gasteiger partial charge >= 0.3 is 0 Å². The van der Waals surface area contributed by atoms with Crippen LogP contribution in [-0.2, 0) is 9.84 Å². The molecule has 1 saturated heterocycles. The van der Waals surface area contributed by atoms with E-state index in [9.17, 15) is 8.42 Å². The van der Waals surface area contributed by atoms with E-state index in [0.29, 0.717) is 5.75 Å². The molecule has 0 spiro atoms. The van der Waals surface area contributed by atoms with Crippen LogP contribution in [0.1, 0.15) is 33.1 Å². The molecule has 1 heterocycles. The lowest BCUT2D eigenvalue weighted by Gasteiger charge is -2.38. The minimum atomic E-state index is -2.98. The Bertz CT molecular complexity index is 347. The highest BCUT2D eigenvalue weighted by Crippen LogP contribution is 2.22. The van der Waals surface area contributed by atoms with Crippen molar-refractivity contribution in [2.75, 3.05) is 37.4 Å². The van der Waals surface area contributed by atoms with E-state index in [1.165, 1.54) is 25.5 Å². The zero-order chi connectivity index (χ0) is 14.3. The average molecular weight is 309 g/mol. The molecule has 1 aliphatic heterocycles. The highest BCUT2D eigenvalue weighted by atomic mass is 32.2. The first-order valence-electron chi connectivity index (χ1n) is 7.20. The number of hydrogen-bond acceptors (Lipinski definition) is 5. The number of hydrogen-bond donors (Lipinski definition) is 1. The minimum absolute atomic E-state index is 0.280. The van der Waals surface area contributed by atoms with E-state index >= 15 is 0 Å². The first-order chi connectivity index (χ1) is 8.96. The molecule has 0 bridgehead atoms. The van der Waals surface area contributed by atoms with Gasteiger partial charge in [0, 0.05) is 36.9 Å². The van der Waals surface area contributed by atoms with E-state index < -0.39 is 9.84 Å². The van der Waals surface area contributed by atoms with Crippen molar-refractivity contribution in [1.29, 1.82) is 0 Å². The van der Waals surface area contributed by atoms with Crippen molar-refractivity contribution >= 4 is 21.6 Å². The molecule has 0 aliphatic carbocycles. The van der Waals surface area contributed by atoms with Crippen LogP contribution in [0, 0.1) is 0 Å². The quantitative estimate of drug-likeness (QED) is 0.690. The van der Waals surface area contributed by atoms with Crippen molar-refractivity contribution in [2.45, 2.75) is 44.5 Å².